The largest absolute Gasteiger partial charge is 0.381 e. The van der Waals surface area contributed by atoms with Gasteiger partial charge >= 0.3 is 0 Å². The van der Waals surface area contributed by atoms with E-state index in [1.165, 1.54) is 19.4 Å². The monoisotopic (exact) mass is 208 g/mol. The van der Waals surface area contributed by atoms with Gasteiger partial charge < -0.3 is 9.64 Å². The van der Waals surface area contributed by atoms with Crippen molar-refractivity contribution in [1.29, 1.82) is 5.26 Å². The van der Waals surface area contributed by atoms with Gasteiger partial charge in [0, 0.05) is 25.7 Å². The number of piperidine rings is 1. The Labute approximate surface area is 92.0 Å². The van der Waals surface area contributed by atoms with E-state index in [1.54, 1.807) is 0 Å². The molecular formula is C12H20N2O. The van der Waals surface area contributed by atoms with Gasteiger partial charge in [0.25, 0.3) is 0 Å². The van der Waals surface area contributed by atoms with Crippen LogP contribution in [0, 0.1) is 23.2 Å². The first-order valence-electron chi connectivity index (χ1n) is 6.08. The van der Waals surface area contributed by atoms with Crippen molar-refractivity contribution in [3.05, 3.63) is 0 Å². The van der Waals surface area contributed by atoms with Crippen LogP contribution in [-0.4, -0.2) is 37.7 Å². The fourth-order valence-electron chi connectivity index (χ4n) is 2.54. The highest BCUT2D eigenvalue weighted by Crippen LogP contribution is 2.21. The summed E-state index contributed by atoms with van der Waals surface area (Å²) in [6.45, 7) is 5.35. The Morgan fingerprint density at radius 3 is 2.40 bits per heavy atom. The van der Waals surface area contributed by atoms with Crippen molar-refractivity contribution in [2.24, 2.45) is 11.8 Å². The molecule has 0 spiro atoms. The molecule has 2 aliphatic rings. The van der Waals surface area contributed by atoms with Gasteiger partial charge in [0.15, 0.2) is 0 Å². The molecular weight excluding hydrogens is 188 g/mol. The lowest BCUT2D eigenvalue weighted by Crippen LogP contribution is -2.38. The van der Waals surface area contributed by atoms with E-state index in [2.05, 4.69) is 11.0 Å². The average Bonchev–Trinajstić information content (AvgIpc) is 2.31. The molecule has 0 saturated carbocycles. The van der Waals surface area contributed by atoms with Gasteiger partial charge in [-0.2, -0.15) is 5.26 Å². The van der Waals surface area contributed by atoms with E-state index in [9.17, 15) is 0 Å². The zero-order valence-corrected chi connectivity index (χ0v) is 9.32. The first kappa shape index (κ1) is 10.9. The lowest BCUT2D eigenvalue weighted by Gasteiger charge is -2.33. The van der Waals surface area contributed by atoms with Crippen molar-refractivity contribution in [3.63, 3.8) is 0 Å². The van der Waals surface area contributed by atoms with Crippen LogP contribution in [0.15, 0.2) is 0 Å². The second-order valence-corrected chi connectivity index (χ2v) is 4.76. The third-order valence-electron chi connectivity index (χ3n) is 3.63. The third kappa shape index (κ3) is 3.19. The summed E-state index contributed by atoms with van der Waals surface area (Å²) in [5, 5.41) is 8.81. The molecule has 0 amide bonds. The Morgan fingerprint density at radius 1 is 1.13 bits per heavy atom. The molecule has 0 radical (unpaired) electrons. The first-order valence-corrected chi connectivity index (χ1v) is 6.08. The summed E-state index contributed by atoms with van der Waals surface area (Å²) in [5.41, 5.74) is 0. The van der Waals surface area contributed by atoms with E-state index >= 15 is 0 Å². The number of ether oxygens (including phenoxy) is 1. The summed E-state index contributed by atoms with van der Waals surface area (Å²) >= 11 is 0. The van der Waals surface area contributed by atoms with Gasteiger partial charge in [0.2, 0.25) is 0 Å². The van der Waals surface area contributed by atoms with Gasteiger partial charge in [-0.3, -0.25) is 0 Å². The van der Waals surface area contributed by atoms with Crippen molar-refractivity contribution in [1.82, 2.24) is 4.90 Å². The maximum Gasteiger partial charge on any atom is 0.0656 e. The first-order chi connectivity index (χ1) is 7.38. The molecule has 0 aromatic carbocycles. The van der Waals surface area contributed by atoms with E-state index < -0.39 is 0 Å². The van der Waals surface area contributed by atoms with Crippen LogP contribution in [-0.2, 0) is 4.74 Å². The number of rotatable bonds is 2. The Hall–Kier alpha value is -0.590. The fourth-order valence-corrected chi connectivity index (χ4v) is 2.54. The van der Waals surface area contributed by atoms with Crippen LogP contribution >= 0.6 is 0 Å². The Bertz CT molecular complexity index is 222. The van der Waals surface area contributed by atoms with Crippen molar-refractivity contribution in [2.75, 3.05) is 32.8 Å². The molecule has 0 unspecified atom stereocenters. The Balaban J connectivity index is 1.69. The minimum Gasteiger partial charge on any atom is -0.381 e. The molecule has 2 fully saturated rings. The smallest absolute Gasteiger partial charge is 0.0656 e. The van der Waals surface area contributed by atoms with E-state index in [0.717, 1.165) is 45.1 Å². The van der Waals surface area contributed by atoms with Crippen molar-refractivity contribution in [3.8, 4) is 6.07 Å². The maximum absolute atomic E-state index is 8.81. The molecule has 0 aliphatic carbocycles. The van der Waals surface area contributed by atoms with Crippen LogP contribution < -0.4 is 0 Å². The number of nitriles is 1. The molecule has 2 saturated heterocycles. The third-order valence-corrected chi connectivity index (χ3v) is 3.63. The summed E-state index contributed by atoms with van der Waals surface area (Å²) in [6.07, 6.45) is 4.58. The number of hydrogen-bond donors (Lipinski definition) is 0. The van der Waals surface area contributed by atoms with Crippen LogP contribution in [0.4, 0.5) is 0 Å². The standard InChI is InChI=1S/C12H20N2O/c13-9-11-1-5-14(6-2-11)10-12-3-7-15-8-4-12/h11-12H,1-8,10H2. The molecule has 0 bridgehead atoms. The molecule has 0 aromatic heterocycles. The zero-order chi connectivity index (χ0) is 10.5. The molecule has 2 aliphatic heterocycles. The zero-order valence-electron chi connectivity index (χ0n) is 9.32. The quantitative estimate of drug-likeness (QED) is 0.692. The maximum atomic E-state index is 8.81. The van der Waals surface area contributed by atoms with E-state index in [1.807, 2.05) is 0 Å². The Morgan fingerprint density at radius 2 is 1.80 bits per heavy atom. The van der Waals surface area contributed by atoms with E-state index in [4.69, 9.17) is 10.00 Å². The van der Waals surface area contributed by atoms with Crippen LogP contribution in [0.1, 0.15) is 25.7 Å². The van der Waals surface area contributed by atoms with Gasteiger partial charge in [-0.25, -0.2) is 0 Å². The molecule has 3 heteroatoms. The van der Waals surface area contributed by atoms with Crippen LogP contribution in [0.2, 0.25) is 0 Å². The molecule has 3 nitrogen and oxygen atoms in total. The minimum atomic E-state index is 0.316. The van der Waals surface area contributed by atoms with Crippen molar-refractivity contribution >= 4 is 0 Å². The highest BCUT2D eigenvalue weighted by Gasteiger charge is 2.22. The molecule has 15 heavy (non-hydrogen) atoms. The van der Waals surface area contributed by atoms with Gasteiger partial charge in [-0.15, -0.1) is 0 Å². The SMILES string of the molecule is N#CC1CCN(CC2CCOCC2)CC1. The summed E-state index contributed by atoms with van der Waals surface area (Å²) in [4.78, 5) is 2.53. The van der Waals surface area contributed by atoms with Crippen molar-refractivity contribution in [2.45, 2.75) is 25.7 Å². The van der Waals surface area contributed by atoms with Gasteiger partial charge in [-0.1, -0.05) is 0 Å². The molecule has 0 aromatic rings. The predicted octanol–water partition coefficient (Wildman–Crippen LogP) is 1.65. The molecule has 84 valence electrons. The molecule has 0 atom stereocenters. The minimum absolute atomic E-state index is 0.316. The van der Waals surface area contributed by atoms with Gasteiger partial charge in [0.1, 0.15) is 0 Å². The van der Waals surface area contributed by atoms with E-state index in [-0.39, 0.29) is 0 Å². The second-order valence-electron chi connectivity index (χ2n) is 4.76. The second kappa shape index (κ2) is 5.48. The summed E-state index contributed by atoms with van der Waals surface area (Å²) in [5.74, 6) is 1.15. The molecule has 2 rings (SSSR count). The lowest BCUT2D eigenvalue weighted by atomic mass is 9.95. The van der Waals surface area contributed by atoms with Crippen LogP contribution in [0.25, 0.3) is 0 Å². The topological polar surface area (TPSA) is 36.3 Å². The lowest BCUT2D eigenvalue weighted by molar-refractivity contribution is 0.0483. The summed E-state index contributed by atoms with van der Waals surface area (Å²) < 4.78 is 5.36. The highest BCUT2D eigenvalue weighted by molar-refractivity contribution is 4.87. The van der Waals surface area contributed by atoms with Crippen molar-refractivity contribution < 1.29 is 4.74 Å². The normalized spacial score (nSPS) is 26.3. The predicted molar refractivity (Wildman–Crippen MR) is 58.3 cm³/mol. The Kier molecular flexibility index (Phi) is 3.99. The van der Waals surface area contributed by atoms with Crippen LogP contribution in [0.5, 0.6) is 0 Å². The molecule has 0 N–H and O–H groups in total. The summed E-state index contributed by atoms with van der Waals surface area (Å²) in [6, 6.07) is 2.38. The number of nitrogens with zero attached hydrogens (tertiary/aromatic N) is 2. The van der Waals surface area contributed by atoms with Gasteiger partial charge in [-0.05, 0) is 44.7 Å². The highest BCUT2D eigenvalue weighted by atomic mass is 16.5. The van der Waals surface area contributed by atoms with E-state index in [0.29, 0.717) is 5.92 Å². The summed E-state index contributed by atoms with van der Waals surface area (Å²) in [7, 11) is 0. The average molecular weight is 208 g/mol. The number of likely N-dealkylation sites (tertiary alicyclic amines) is 1. The fraction of sp³-hybridized carbons (Fsp3) is 0.917. The number of hydrogen-bond acceptors (Lipinski definition) is 3. The van der Waals surface area contributed by atoms with Gasteiger partial charge in [0.05, 0.1) is 6.07 Å². The molecule has 2 heterocycles. The van der Waals surface area contributed by atoms with Crippen LogP contribution in [0.3, 0.4) is 0 Å².